The van der Waals surface area contributed by atoms with Crippen LogP contribution in [0.2, 0.25) is 0 Å². The Kier molecular flexibility index (Phi) is 6.89. The molecule has 0 amide bonds. The second-order valence-corrected chi connectivity index (χ2v) is 12.8. The highest BCUT2D eigenvalue weighted by molar-refractivity contribution is 7.92. The first-order valence-electron chi connectivity index (χ1n) is 13.6. The average molecular weight is 562 g/mol. The molecule has 0 unspecified atom stereocenters. The van der Waals surface area contributed by atoms with Crippen LogP contribution in [-0.2, 0) is 16.6 Å². The molecule has 2 aliphatic rings. The van der Waals surface area contributed by atoms with E-state index in [4.69, 9.17) is 4.98 Å². The molecule has 0 spiro atoms. The summed E-state index contributed by atoms with van der Waals surface area (Å²) in [7, 11) is -3.60. The second-order valence-electron chi connectivity index (χ2n) is 10.9. The van der Waals surface area contributed by atoms with Crippen molar-refractivity contribution in [3.8, 4) is 0 Å². The Labute approximate surface area is 234 Å². The molecule has 0 radical (unpaired) electrons. The van der Waals surface area contributed by atoms with E-state index in [-0.39, 0.29) is 6.61 Å². The molecular weight excluding hydrogens is 526 g/mol. The number of hydrogen-bond acceptors (Lipinski definition) is 8. The van der Waals surface area contributed by atoms with Crippen LogP contribution in [0.5, 0.6) is 0 Å². The summed E-state index contributed by atoms with van der Waals surface area (Å²) in [6, 6.07) is 18.2. The van der Waals surface area contributed by atoms with Crippen molar-refractivity contribution >= 4 is 44.1 Å². The van der Waals surface area contributed by atoms with Crippen LogP contribution < -0.4 is 19.8 Å². The van der Waals surface area contributed by atoms with Gasteiger partial charge in [0, 0.05) is 54.8 Å². The zero-order valence-electron chi connectivity index (χ0n) is 22.8. The van der Waals surface area contributed by atoms with Crippen molar-refractivity contribution < 1.29 is 13.5 Å². The maximum Gasteiger partial charge on any atom is 0.232 e. The number of aliphatic hydroxyl groups excluding tert-OH is 1. The van der Waals surface area contributed by atoms with Gasteiger partial charge in [-0.2, -0.15) is 4.98 Å². The van der Waals surface area contributed by atoms with Crippen molar-refractivity contribution in [3.05, 3.63) is 72.6 Å². The molecule has 2 aromatic carbocycles. The lowest BCUT2D eigenvalue weighted by molar-refractivity contribution is 0.258. The normalized spacial score (nSPS) is 18.6. The van der Waals surface area contributed by atoms with Gasteiger partial charge in [-0.25, -0.2) is 13.4 Å². The number of aliphatic hydroxyl groups is 1. The highest BCUT2D eigenvalue weighted by Gasteiger charge is 2.52. The molecule has 210 valence electrons. The SMILES string of the molecule is C[C@@H]1CN(c2ccc(Nc3ncc4ccn(Cc5ccccc5N(C5(CO)CC5)S(C)(=O)=O)c4n3)cc2)CCN1. The van der Waals surface area contributed by atoms with Crippen molar-refractivity contribution in [1.29, 1.82) is 0 Å². The van der Waals surface area contributed by atoms with Crippen LogP contribution >= 0.6 is 0 Å². The number of anilines is 4. The van der Waals surface area contributed by atoms with Crippen LogP contribution in [0, 0.1) is 0 Å². The molecule has 3 N–H and O–H groups in total. The van der Waals surface area contributed by atoms with E-state index in [1.807, 2.05) is 53.2 Å². The zero-order valence-corrected chi connectivity index (χ0v) is 23.6. The van der Waals surface area contributed by atoms with E-state index in [0.717, 1.165) is 41.9 Å². The molecule has 11 heteroatoms. The third-order valence-electron chi connectivity index (χ3n) is 7.79. The van der Waals surface area contributed by atoms with Crippen LogP contribution in [0.25, 0.3) is 11.0 Å². The molecule has 2 fully saturated rings. The number of fused-ring (bicyclic) bond motifs is 1. The maximum absolute atomic E-state index is 12.9. The summed E-state index contributed by atoms with van der Waals surface area (Å²) in [6.07, 6.45) is 6.20. The first-order valence-corrected chi connectivity index (χ1v) is 15.5. The molecular formula is C29H35N7O3S. The molecule has 4 aromatic rings. The van der Waals surface area contributed by atoms with E-state index in [0.29, 0.717) is 37.1 Å². The fraction of sp³-hybridized carbons (Fsp3) is 0.379. The van der Waals surface area contributed by atoms with Gasteiger partial charge in [-0.15, -0.1) is 0 Å². The standard InChI is InChI=1S/C29H35N7O3S/c1-21-18-34(16-14-30-21)25-9-7-24(8-10-25)32-28-31-17-22-11-15-35(27(22)33-28)19-23-5-3-4-6-26(23)36(40(2,38)39)29(20-37)12-13-29/h3-11,15,17,21,30,37H,12-14,16,18-20H2,1-2H3,(H,31,32,33)/t21-/m1/s1. The van der Waals surface area contributed by atoms with Gasteiger partial charge in [-0.05, 0) is 61.7 Å². The number of nitrogens with zero attached hydrogens (tertiary/aromatic N) is 5. The summed E-state index contributed by atoms with van der Waals surface area (Å²) in [5, 5.41) is 17.7. The monoisotopic (exact) mass is 561 g/mol. The Hall–Kier alpha value is -3.67. The molecule has 1 aliphatic heterocycles. The molecule has 2 aromatic heterocycles. The predicted octanol–water partition coefficient (Wildman–Crippen LogP) is 3.31. The Balaban J connectivity index is 1.25. The molecule has 40 heavy (non-hydrogen) atoms. The molecule has 1 atom stereocenters. The first kappa shape index (κ1) is 26.5. The summed E-state index contributed by atoms with van der Waals surface area (Å²) < 4.78 is 29.1. The highest BCUT2D eigenvalue weighted by Crippen LogP contribution is 2.46. The van der Waals surface area contributed by atoms with Crippen LogP contribution in [-0.4, -0.2) is 72.1 Å². The molecule has 10 nitrogen and oxygen atoms in total. The second kappa shape index (κ2) is 10.4. The minimum atomic E-state index is -3.60. The van der Waals surface area contributed by atoms with Crippen LogP contribution in [0.3, 0.4) is 0 Å². The van der Waals surface area contributed by atoms with Crippen molar-refractivity contribution in [2.24, 2.45) is 0 Å². The quantitative estimate of drug-likeness (QED) is 0.285. The molecule has 1 aliphatic carbocycles. The summed E-state index contributed by atoms with van der Waals surface area (Å²) in [5.74, 6) is 0.485. The minimum absolute atomic E-state index is 0.210. The average Bonchev–Trinajstić information content (AvgIpc) is 3.62. The number of piperazine rings is 1. The van der Waals surface area contributed by atoms with Crippen molar-refractivity contribution in [2.75, 3.05) is 47.0 Å². The van der Waals surface area contributed by atoms with E-state index in [1.165, 1.54) is 16.2 Å². The number of para-hydroxylation sites is 1. The van der Waals surface area contributed by atoms with Crippen LogP contribution in [0.1, 0.15) is 25.3 Å². The smallest absolute Gasteiger partial charge is 0.232 e. The van der Waals surface area contributed by atoms with E-state index in [2.05, 4.69) is 39.6 Å². The largest absolute Gasteiger partial charge is 0.394 e. The van der Waals surface area contributed by atoms with E-state index < -0.39 is 15.6 Å². The summed E-state index contributed by atoms with van der Waals surface area (Å²) in [4.78, 5) is 11.7. The highest BCUT2D eigenvalue weighted by atomic mass is 32.2. The number of sulfonamides is 1. The topological polar surface area (TPSA) is 116 Å². The van der Waals surface area contributed by atoms with Gasteiger partial charge in [0.25, 0.3) is 0 Å². The Bertz CT molecular complexity index is 1620. The first-order chi connectivity index (χ1) is 19.3. The molecule has 1 saturated carbocycles. The van der Waals surface area contributed by atoms with Gasteiger partial charge in [0.05, 0.1) is 30.6 Å². The number of aromatic nitrogens is 3. The van der Waals surface area contributed by atoms with E-state index in [9.17, 15) is 13.5 Å². The summed E-state index contributed by atoms with van der Waals surface area (Å²) in [5.41, 5.74) is 3.49. The van der Waals surface area contributed by atoms with Crippen LogP contribution in [0.4, 0.5) is 23.0 Å². The molecule has 6 rings (SSSR count). The third-order valence-corrected chi connectivity index (χ3v) is 9.04. The fourth-order valence-electron chi connectivity index (χ4n) is 5.59. The lowest BCUT2D eigenvalue weighted by atomic mass is 10.1. The number of benzene rings is 2. The van der Waals surface area contributed by atoms with Gasteiger partial charge in [0.15, 0.2) is 0 Å². The summed E-state index contributed by atoms with van der Waals surface area (Å²) >= 11 is 0. The van der Waals surface area contributed by atoms with Gasteiger partial charge >= 0.3 is 0 Å². The lowest BCUT2D eigenvalue weighted by Crippen LogP contribution is -2.49. The van der Waals surface area contributed by atoms with Crippen molar-refractivity contribution in [2.45, 2.75) is 37.9 Å². The summed E-state index contributed by atoms with van der Waals surface area (Å²) in [6.45, 7) is 5.35. The van der Waals surface area contributed by atoms with Gasteiger partial charge in [-0.3, -0.25) is 4.31 Å². The number of rotatable bonds is 9. The Morgan fingerprint density at radius 3 is 2.62 bits per heavy atom. The Morgan fingerprint density at radius 2 is 1.93 bits per heavy atom. The van der Waals surface area contributed by atoms with E-state index in [1.54, 1.807) is 6.20 Å². The zero-order chi connectivity index (χ0) is 27.9. The van der Waals surface area contributed by atoms with Gasteiger partial charge < -0.3 is 25.2 Å². The fourth-order valence-corrected chi connectivity index (χ4v) is 7.07. The van der Waals surface area contributed by atoms with E-state index >= 15 is 0 Å². The predicted molar refractivity (Wildman–Crippen MR) is 159 cm³/mol. The van der Waals surface area contributed by atoms with Gasteiger partial charge in [-0.1, -0.05) is 18.2 Å². The lowest BCUT2D eigenvalue weighted by Gasteiger charge is -2.33. The maximum atomic E-state index is 12.9. The van der Waals surface area contributed by atoms with Crippen molar-refractivity contribution in [3.63, 3.8) is 0 Å². The molecule has 0 bridgehead atoms. The third kappa shape index (κ3) is 5.24. The van der Waals surface area contributed by atoms with Crippen LogP contribution in [0.15, 0.2) is 67.0 Å². The van der Waals surface area contributed by atoms with Gasteiger partial charge in [0.1, 0.15) is 5.65 Å². The molecule has 3 heterocycles. The van der Waals surface area contributed by atoms with Gasteiger partial charge in [0.2, 0.25) is 16.0 Å². The number of nitrogens with one attached hydrogen (secondary N) is 2. The Morgan fingerprint density at radius 1 is 1.15 bits per heavy atom. The number of hydrogen-bond donors (Lipinski definition) is 3. The molecule has 1 saturated heterocycles. The minimum Gasteiger partial charge on any atom is -0.394 e. The van der Waals surface area contributed by atoms with Crippen molar-refractivity contribution in [1.82, 2.24) is 19.9 Å².